The number of fused-ring (bicyclic) bond motifs is 2. The molecule has 118 valence electrons. The van der Waals surface area contributed by atoms with Gasteiger partial charge in [-0.3, -0.25) is 14.3 Å². The Kier molecular flexibility index (Phi) is 3.54. The largest absolute Gasteiger partial charge is 0.289 e. The van der Waals surface area contributed by atoms with E-state index in [-0.39, 0.29) is 11.6 Å². The summed E-state index contributed by atoms with van der Waals surface area (Å²) in [6, 6.07) is 12.3. The normalized spacial score (nSPS) is 12.9. The molecule has 0 fully saturated rings. The number of benzene rings is 2. The summed E-state index contributed by atoms with van der Waals surface area (Å²) in [5.41, 5.74) is 1.80. The van der Waals surface area contributed by atoms with Crippen LogP contribution in [0.25, 0.3) is 0 Å². The minimum absolute atomic E-state index is 0.116. The summed E-state index contributed by atoms with van der Waals surface area (Å²) in [4.78, 5) is 30.6. The van der Waals surface area contributed by atoms with Gasteiger partial charge in [0.05, 0.1) is 0 Å². The maximum atomic E-state index is 12.9. The summed E-state index contributed by atoms with van der Waals surface area (Å²) >= 11 is 1.30. The highest BCUT2D eigenvalue weighted by Crippen LogP contribution is 2.35. The lowest BCUT2D eigenvalue weighted by atomic mass is 9.84. The van der Waals surface area contributed by atoms with Gasteiger partial charge in [0.1, 0.15) is 6.33 Å². The summed E-state index contributed by atoms with van der Waals surface area (Å²) in [7, 11) is 0. The molecule has 0 saturated carbocycles. The van der Waals surface area contributed by atoms with E-state index in [1.165, 1.54) is 11.8 Å². The molecule has 24 heavy (non-hydrogen) atoms. The molecular formula is C18H13N3O2S. The van der Waals surface area contributed by atoms with Gasteiger partial charge in [0.25, 0.3) is 0 Å². The lowest BCUT2D eigenvalue weighted by Crippen LogP contribution is -2.21. The highest BCUT2D eigenvalue weighted by Gasteiger charge is 2.31. The van der Waals surface area contributed by atoms with Gasteiger partial charge in [0.15, 0.2) is 11.6 Å². The minimum atomic E-state index is -0.127. The first kappa shape index (κ1) is 14.8. The Morgan fingerprint density at radius 3 is 2.38 bits per heavy atom. The van der Waals surface area contributed by atoms with E-state index in [2.05, 4.69) is 10.1 Å². The second-order valence-electron chi connectivity index (χ2n) is 5.37. The zero-order chi connectivity index (χ0) is 16.7. The second-order valence-corrected chi connectivity index (χ2v) is 6.38. The van der Waals surface area contributed by atoms with Crippen molar-refractivity contribution in [3.63, 3.8) is 0 Å². The van der Waals surface area contributed by atoms with Crippen molar-refractivity contribution in [3.05, 3.63) is 71.0 Å². The van der Waals surface area contributed by atoms with Crippen LogP contribution in [0, 0.1) is 0 Å². The van der Waals surface area contributed by atoms with Crippen LogP contribution in [-0.4, -0.2) is 26.3 Å². The fraction of sp³-hybridized carbons (Fsp3) is 0.111. The quantitative estimate of drug-likeness (QED) is 0.575. The Morgan fingerprint density at radius 1 is 0.958 bits per heavy atom. The van der Waals surface area contributed by atoms with E-state index in [0.717, 1.165) is 6.54 Å². The summed E-state index contributed by atoms with van der Waals surface area (Å²) < 4.78 is 1.72. The lowest BCUT2D eigenvalue weighted by molar-refractivity contribution is 0.0977. The first-order chi connectivity index (χ1) is 11.7. The highest BCUT2D eigenvalue weighted by atomic mass is 32.2. The summed E-state index contributed by atoms with van der Waals surface area (Å²) in [5, 5.41) is 4.89. The SMILES string of the molecule is CCn1cnc(Sc2cccc3c2C(=O)c2ccccc2C3=O)n1. The first-order valence-corrected chi connectivity index (χ1v) is 8.39. The van der Waals surface area contributed by atoms with Crippen molar-refractivity contribution in [3.8, 4) is 0 Å². The third-order valence-electron chi connectivity index (χ3n) is 3.95. The monoisotopic (exact) mass is 335 g/mol. The Hall–Kier alpha value is -2.73. The molecule has 4 rings (SSSR count). The molecule has 0 bridgehead atoms. The molecule has 1 aliphatic rings. The van der Waals surface area contributed by atoms with E-state index in [4.69, 9.17) is 0 Å². The zero-order valence-electron chi connectivity index (χ0n) is 12.9. The molecule has 2 aromatic carbocycles. The molecule has 0 radical (unpaired) electrons. The lowest BCUT2D eigenvalue weighted by Gasteiger charge is -2.19. The van der Waals surface area contributed by atoms with Gasteiger partial charge < -0.3 is 0 Å². The summed E-state index contributed by atoms with van der Waals surface area (Å²) in [6.45, 7) is 2.71. The number of ketones is 2. The summed E-state index contributed by atoms with van der Waals surface area (Å²) in [6.07, 6.45) is 1.65. The number of hydrogen-bond acceptors (Lipinski definition) is 5. The predicted molar refractivity (Wildman–Crippen MR) is 89.6 cm³/mol. The molecule has 1 heterocycles. The molecule has 5 nitrogen and oxygen atoms in total. The molecule has 0 saturated heterocycles. The molecular weight excluding hydrogens is 322 g/mol. The minimum Gasteiger partial charge on any atom is -0.289 e. The highest BCUT2D eigenvalue weighted by molar-refractivity contribution is 7.99. The number of nitrogens with zero attached hydrogens (tertiary/aromatic N) is 3. The van der Waals surface area contributed by atoms with Crippen molar-refractivity contribution in [1.29, 1.82) is 0 Å². The molecule has 0 N–H and O–H groups in total. The molecule has 0 unspecified atom stereocenters. The van der Waals surface area contributed by atoms with Gasteiger partial charge in [-0.2, -0.15) is 0 Å². The second kappa shape index (κ2) is 5.72. The van der Waals surface area contributed by atoms with Crippen molar-refractivity contribution in [1.82, 2.24) is 14.8 Å². The Balaban J connectivity index is 1.82. The number of rotatable bonds is 3. The van der Waals surface area contributed by atoms with Gasteiger partial charge >= 0.3 is 0 Å². The van der Waals surface area contributed by atoms with Crippen LogP contribution >= 0.6 is 11.8 Å². The number of carbonyl (C=O) groups is 2. The van der Waals surface area contributed by atoms with Crippen LogP contribution < -0.4 is 0 Å². The first-order valence-electron chi connectivity index (χ1n) is 7.57. The fourth-order valence-corrected chi connectivity index (χ4v) is 3.67. The number of carbonyl (C=O) groups excluding carboxylic acids is 2. The standard InChI is InChI=1S/C18H13N3O2S/c1-2-21-10-19-18(20-21)24-14-9-5-8-13-15(14)17(23)12-7-4-3-6-11(12)16(13)22/h3-10H,2H2,1H3. The van der Waals surface area contributed by atoms with Crippen molar-refractivity contribution in [2.45, 2.75) is 23.5 Å². The average Bonchev–Trinajstić information content (AvgIpc) is 3.07. The zero-order valence-corrected chi connectivity index (χ0v) is 13.7. The van der Waals surface area contributed by atoms with Gasteiger partial charge in [-0.25, -0.2) is 4.98 Å². The number of aryl methyl sites for hydroxylation is 1. The van der Waals surface area contributed by atoms with Crippen molar-refractivity contribution >= 4 is 23.3 Å². The fourth-order valence-electron chi connectivity index (χ4n) is 2.77. The van der Waals surface area contributed by atoms with Gasteiger partial charge in [-0.1, -0.05) is 36.4 Å². The van der Waals surface area contributed by atoms with Gasteiger partial charge in [-0.15, -0.1) is 5.10 Å². The van der Waals surface area contributed by atoms with E-state index in [9.17, 15) is 9.59 Å². The Morgan fingerprint density at radius 2 is 1.67 bits per heavy atom. The average molecular weight is 335 g/mol. The number of hydrogen-bond donors (Lipinski definition) is 0. The van der Waals surface area contributed by atoms with Crippen LogP contribution in [0.4, 0.5) is 0 Å². The topological polar surface area (TPSA) is 64.8 Å². The van der Waals surface area contributed by atoms with E-state index in [0.29, 0.717) is 32.3 Å². The van der Waals surface area contributed by atoms with E-state index >= 15 is 0 Å². The van der Waals surface area contributed by atoms with Gasteiger partial charge in [0.2, 0.25) is 5.16 Å². The van der Waals surface area contributed by atoms with Gasteiger partial charge in [0, 0.05) is 33.7 Å². The molecule has 6 heteroatoms. The van der Waals surface area contributed by atoms with E-state index in [1.807, 2.05) is 13.0 Å². The van der Waals surface area contributed by atoms with Crippen molar-refractivity contribution in [2.75, 3.05) is 0 Å². The molecule has 1 aromatic heterocycles. The molecule has 0 spiro atoms. The Bertz CT molecular complexity index is 978. The van der Waals surface area contributed by atoms with Crippen LogP contribution in [-0.2, 0) is 6.54 Å². The third kappa shape index (κ3) is 2.27. The smallest absolute Gasteiger partial charge is 0.213 e. The molecule has 0 amide bonds. The van der Waals surface area contributed by atoms with Crippen LogP contribution in [0.2, 0.25) is 0 Å². The third-order valence-corrected chi connectivity index (χ3v) is 4.88. The molecule has 0 atom stereocenters. The predicted octanol–water partition coefficient (Wildman–Crippen LogP) is 3.22. The van der Waals surface area contributed by atoms with E-state index in [1.54, 1.807) is 47.4 Å². The van der Waals surface area contributed by atoms with E-state index < -0.39 is 0 Å². The van der Waals surface area contributed by atoms with Crippen LogP contribution in [0.3, 0.4) is 0 Å². The maximum absolute atomic E-state index is 12.9. The van der Waals surface area contributed by atoms with Gasteiger partial charge in [-0.05, 0) is 24.8 Å². The summed E-state index contributed by atoms with van der Waals surface area (Å²) in [5.74, 6) is -0.243. The maximum Gasteiger partial charge on any atom is 0.213 e. The van der Waals surface area contributed by atoms with Crippen LogP contribution in [0.5, 0.6) is 0 Å². The van der Waals surface area contributed by atoms with Crippen LogP contribution in [0.1, 0.15) is 38.8 Å². The molecule has 1 aliphatic carbocycles. The van der Waals surface area contributed by atoms with Crippen molar-refractivity contribution < 1.29 is 9.59 Å². The van der Waals surface area contributed by atoms with Crippen LogP contribution in [0.15, 0.2) is 58.8 Å². The van der Waals surface area contributed by atoms with Crippen molar-refractivity contribution in [2.24, 2.45) is 0 Å². The molecule has 0 aliphatic heterocycles. The Labute approximate surface area is 142 Å². The number of aromatic nitrogens is 3. The molecule has 3 aromatic rings.